The van der Waals surface area contributed by atoms with Gasteiger partial charge in [-0.3, -0.25) is 9.59 Å². The first kappa shape index (κ1) is 14.2. The van der Waals surface area contributed by atoms with E-state index in [9.17, 15) is 9.59 Å². The SMILES string of the molecule is CCCNC(=O)C(C)Oc1ccc(C)nc1C=O. The van der Waals surface area contributed by atoms with Crippen molar-refractivity contribution in [2.75, 3.05) is 6.54 Å². The number of aldehydes is 1. The Bertz CT molecular complexity index is 432. The number of ether oxygens (including phenoxy) is 1. The highest BCUT2D eigenvalue weighted by atomic mass is 16.5. The molecule has 1 heterocycles. The van der Waals surface area contributed by atoms with Gasteiger partial charge in [0.2, 0.25) is 0 Å². The van der Waals surface area contributed by atoms with Gasteiger partial charge >= 0.3 is 0 Å². The zero-order chi connectivity index (χ0) is 13.5. The molecule has 0 aliphatic rings. The topological polar surface area (TPSA) is 68.3 Å². The Balaban J connectivity index is 2.72. The molecule has 0 saturated heterocycles. The molecular weight excluding hydrogens is 232 g/mol. The maximum atomic E-state index is 11.6. The summed E-state index contributed by atoms with van der Waals surface area (Å²) in [7, 11) is 0. The van der Waals surface area contributed by atoms with E-state index >= 15 is 0 Å². The molecule has 5 nitrogen and oxygen atoms in total. The van der Waals surface area contributed by atoms with E-state index in [1.54, 1.807) is 26.0 Å². The molecule has 0 aliphatic heterocycles. The van der Waals surface area contributed by atoms with Crippen LogP contribution in [0.4, 0.5) is 0 Å². The first-order valence-corrected chi connectivity index (χ1v) is 5.95. The van der Waals surface area contributed by atoms with Crippen molar-refractivity contribution in [1.29, 1.82) is 0 Å². The average Bonchev–Trinajstić information content (AvgIpc) is 2.37. The molecule has 0 spiro atoms. The summed E-state index contributed by atoms with van der Waals surface area (Å²) in [4.78, 5) is 26.5. The van der Waals surface area contributed by atoms with Crippen LogP contribution in [0.25, 0.3) is 0 Å². The maximum Gasteiger partial charge on any atom is 0.260 e. The fourth-order valence-electron chi connectivity index (χ4n) is 1.38. The van der Waals surface area contributed by atoms with E-state index in [-0.39, 0.29) is 11.6 Å². The number of hydrogen-bond acceptors (Lipinski definition) is 4. The van der Waals surface area contributed by atoms with Crippen molar-refractivity contribution in [2.45, 2.75) is 33.3 Å². The molecule has 18 heavy (non-hydrogen) atoms. The summed E-state index contributed by atoms with van der Waals surface area (Å²) < 4.78 is 5.44. The molecule has 0 fully saturated rings. The summed E-state index contributed by atoms with van der Waals surface area (Å²) >= 11 is 0. The van der Waals surface area contributed by atoms with Crippen LogP contribution in [0.5, 0.6) is 5.75 Å². The number of pyridine rings is 1. The van der Waals surface area contributed by atoms with Crippen LogP contribution in [-0.4, -0.2) is 29.8 Å². The van der Waals surface area contributed by atoms with E-state index in [4.69, 9.17) is 4.74 Å². The number of carbonyl (C=O) groups is 2. The van der Waals surface area contributed by atoms with Crippen molar-refractivity contribution in [2.24, 2.45) is 0 Å². The van der Waals surface area contributed by atoms with Crippen molar-refractivity contribution in [3.63, 3.8) is 0 Å². The lowest BCUT2D eigenvalue weighted by Gasteiger charge is -2.15. The summed E-state index contributed by atoms with van der Waals surface area (Å²) in [5.74, 6) is 0.129. The molecule has 1 aromatic heterocycles. The van der Waals surface area contributed by atoms with Crippen molar-refractivity contribution >= 4 is 12.2 Å². The van der Waals surface area contributed by atoms with Crippen LogP contribution < -0.4 is 10.1 Å². The van der Waals surface area contributed by atoms with Gasteiger partial charge in [-0.15, -0.1) is 0 Å². The van der Waals surface area contributed by atoms with E-state index in [1.807, 2.05) is 6.92 Å². The van der Waals surface area contributed by atoms with Gasteiger partial charge in [0.05, 0.1) is 0 Å². The van der Waals surface area contributed by atoms with Gasteiger partial charge in [-0.1, -0.05) is 6.92 Å². The van der Waals surface area contributed by atoms with Crippen molar-refractivity contribution < 1.29 is 14.3 Å². The molecule has 0 saturated carbocycles. The summed E-state index contributed by atoms with van der Waals surface area (Å²) in [6.07, 6.45) is 0.836. The molecule has 0 radical (unpaired) electrons. The second-order valence-corrected chi connectivity index (χ2v) is 4.00. The van der Waals surface area contributed by atoms with Gasteiger partial charge < -0.3 is 10.1 Å². The van der Waals surface area contributed by atoms with E-state index in [1.165, 1.54) is 0 Å². The molecule has 1 unspecified atom stereocenters. The third kappa shape index (κ3) is 3.84. The highest BCUT2D eigenvalue weighted by Gasteiger charge is 2.16. The summed E-state index contributed by atoms with van der Waals surface area (Å²) in [6, 6.07) is 3.38. The molecule has 1 aromatic rings. The van der Waals surface area contributed by atoms with Gasteiger partial charge in [0.25, 0.3) is 5.91 Å². The quantitative estimate of drug-likeness (QED) is 0.777. The van der Waals surface area contributed by atoms with Crippen LogP contribution >= 0.6 is 0 Å². The van der Waals surface area contributed by atoms with E-state index < -0.39 is 6.10 Å². The van der Waals surface area contributed by atoms with Crippen LogP contribution in [0.15, 0.2) is 12.1 Å². The van der Waals surface area contributed by atoms with Gasteiger partial charge in [-0.2, -0.15) is 0 Å². The van der Waals surface area contributed by atoms with Crippen molar-refractivity contribution in [3.05, 3.63) is 23.5 Å². The monoisotopic (exact) mass is 250 g/mol. The number of amides is 1. The standard InChI is InChI=1S/C13H18N2O3/c1-4-7-14-13(17)10(3)18-12-6-5-9(2)15-11(12)8-16/h5-6,8,10H,4,7H2,1-3H3,(H,14,17). The number of rotatable bonds is 6. The highest BCUT2D eigenvalue weighted by molar-refractivity contribution is 5.81. The molecule has 1 N–H and O–H groups in total. The minimum Gasteiger partial charge on any atom is -0.479 e. The average molecular weight is 250 g/mol. The largest absolute Gasteiger partial charge is 0.479 e. The molecule has 98 valence electrons. The molecule has 5 heteroatoms. The lowest BCUT2D eigenvalue weighted by atomic mass is 10.3. The second kappa shape index (κ2) is 6.74. The fourth-order valence-corrected chi connectivity index (χ4v) is 1.38. The number of aryl methyl sites for hydroxylation is 1. The highest BCUT2D eigenvalue weighted by Crippen LogP contribution is 2.16. The van der Waals surface area contributed by atoms with Gasteiger partial charge in [-0.25, -0.2) is 4.98 Å². The van der Waals surface area contributed by atoms with E-state index in [0.29, 0.717) is 18.6 Å². The minimum atomic E-state index is -0.653. The lowest BCUT2D eigenvalue weighted by molar-refractivity contribution is -0.127. The third-order valence-corrected chi connectivity index (χ3v) is 2.36. The lowest BCUT2D eigenvalue weighted by Crippen LogP contribution is -2.36. The Morgan fingerprint density at radius 3 is 2.89 bits per heavy atom. The Kier molecular flexibility index (Phi) is 5.30. The molecule has 1 atom stereocenters. The number of carbonyl (C=O) groups excluding carboxylic acids is 2. The molecule has 0 aliphatic carbocycles. The summed E-state index contributed by atoms with van der Waals surface area (Å²) in [5, 5.41) is 2.73. The Hall–Kier alpha value is -1.91. The van der Waals surface area contributed by atoms with Gasteiger partial charge in [0.1, 0.15) is 11.4 Å². The van der Waals surface area contributed by atoms with Crippen LogP contribution in [0.2, 0.25) is 0 Å². The molecule has 0 bridgehead atoms. The number of aromatic nitrogens is 1. The van der Waals surface area contributed by atoms with Gasteiger partial charge in [0, 0.05) is 12.2 Å². The second-order valence-electron chi connectivity index (χ2n) is 4.00. The van der Waals surface area contributed by atoms with Gasteiger partial charge in [0.15, 0.2) is 12.4 Å². The smallest absolute Gasteiger partial charge is 0.260 e. The van der Waals surface area contributed by atoms with Crippen molar-refractivity contribution in [1.82, 2.24) is 10.3 Å². The first-order chi connectivity index (χ1) is 8.58. The zero-order valence-electron chi connectivity index (χ0n) is 10.9. The zero-order valence-corrected chi connectivity index (χ0v) is 10.9. The number of nitrogens with one attached hydrogen (secondary N) is 1. The third-order valence-electron chi connectivity index (χ3n) is 2.36. The van der Waals surface area contributed by atoms with Crippen LogP contribution in [0, 0.1) is 6.92 Å². The predicted octanol–water partition coefficient (Wildman–Crippen LogP) is 1.50. The summed E-state index contributed by atoms with van der Waals surface area (Å²) in [5.41, 5.74) is 0.942. The molecule has 1 amide bonds. The Morgan fingerprint density at radius 1 is 1.56 bits per heavy atom. The number of hydrogen-bond donors (Lipinski definition) is 1. The Morgan fingerprint density at radius 2 is 2.28 bits per heavy atom. The molecule has 1 rings (SSSR count). The van der Waals surface area contributed by atoms with Crippen molar-refractivity contribution in [3.8, 4) is 5.75 Å². The first-order valence-electron chi connectivity index (χ1n) is 5.95. The van der Waals surface area contributed by atoms with Crippen LogP contribution in [-0.2, 0) is 4.79 Å². The molecular formula is C13H18N2O3. The number of nitrogens with zero attached hydrogens (tertiary/aromatic N) is 1. The minimum absolute atomic E-state index is 0.200. The van der Waals surface area contributed by atoms with Crippen LogP contribution in [0.3, 0.4) is 0 Å². The maximum absolute atomic E-state index is 11.6. The fraction of sp³-hybridized carbons (Fsp3) is 0.462. The predicted molar refractivity (Wildman–Crippen MR) is 67.8 cm³/mol. The van der Waals surface area contributed by atoms with E-state index in [0.717, 1.165) is 12.1 Å². The summed E-state index contributed by atoms with van der Waals surface area (Å²) in [6.45, 7) is 6.01. The van der Waals surface area contributed by atoms with Gasteiger partial charge in [-0.05, 0) is 32.4 Å². The Labute approximate surface area is 107 Å². The normalized spacial score (nSPS) is 11.7. The van der Waals surface area contributed by atoms with Crippen LogP contribution in [0.1, 0.15) is 36.5 Å². The van der Waals surface area contributed by atoms with E-state index in [2.05, 4.69) is 10.3 Å². The molecule has 0 aromatic carbocycles.